The molecule has 0 fully saturated rings. The third-order valence-corrected chi connectivity index (χ3v) is 6.29. The van der Waals surface area contributed by atoms with Crippen LogP contribution in [0.25, 0.3) is 0 Å². The molecule has 0 aliphatic carbocycles. The van der Waals surface area contributed by atoms with Gasteiger partial charge in [0.15, 0.2) is 17.3 Å². The Morgan fingerprint density at radius 2 is 1.61 bits per heavy atom. The Hall–Kier alpha value is -3.46. The van der Waals surface area contributed by atoms with Crippen molar-refractivity contribution in [2.45, 2.75) is 17.1 Å². The van der Waals surface area contributed by atoms with Crippen molar-refractivity contribution in [1.29, 1.82) is 0 Å². The molecule has 2 aromatic carbocycles. The molecule has 0 aliphatic heterocycles. The molecule has 3 rings (SSSR count). The normalized spacial score (nSPS) is 11.5. The number of carbonyl (C=O) groups is 1. The lowest BCUT2D eigenvalue weighted by molar-refractivity contribution is 0.0925. The molecular formula is C24H27NO7S. The van der Waals surface area contributed by atoms with Gasteiger partial charge in [0.1, 0.15) is 11.5 Å². The van der Waals surface area contributed by atoms with Crippen LogP contribution in [0.3, 0.4) is 0 Å². The van der Waals surface area contributed by atoms with E-state index in [2.05, 4.69) is 5.32 Å². The first-order valence-corrected chi connectivity index (χ1v) is 11.5. The minimum Gasteiger partial charge on any atom is -0.497 e. The van der Waals surface area contributed by atoms with E-state index in [1.54, 1.807) is 70.9 Å². The third kappa shape index (κ3) is 5.87. The molecule has 176 valence electrons. The summed E-state index contributed by atoms with van der Waals surface area (Å²) in [6.45, 7) is 0.360. The zero-order valence-corrected chi connectivity index (χ0v) is 19.8. The highest BCUT2D eigenvalue weighted by Gasteiger charge is 2.17. The van der Waals surface area contributed by atoms with E-state index in [0.717, 1.165) is 5.56 Å². The summed E-state index contributed by atoms with van der Waals surface area (Å²) in [4.78, 5) is 13.1. The van der Waals surface area contributed by atoms with Crippen molar-refractivity contribution in [1.82, 2.24) is 5.32 Å². The van der Waals surface area contributed by atoms with E-state index >= 15 is 0 Å². The number of hydrogen-bond donors (Lipinski definition) is 1. The summed E-state index contributed by atoms with van der Waals surface area (Å²) in [5.74, 6) is 2.78. The number of rotatable bonds is 11. The quantitative estimate of drug-likeness (QED) is 0.455. The lowest BCUT2D eigenvalue weighted by Gasteiger charge is -2.15. The number of nitrogens with one attached hydrogen (secondary N) is 1. The average molecular weight is 474 g/mol. The first-order valence-electron chi connectivity index (χ1n) is 10.2. The van der Waals surface area contributed by atoms with Gasteiger partial charge in [-0.2, -0.15) is 0 Å². The van der Waals surface area contributed by atoms with E-state index in [-0.39, 0.29) is 17.4 Å². The molecule has 0 saturated heterocycles. The van der Waals surface area contributed by atoms with Crippen molar-refractivity contribution in [2.24, 2.45) is 0 Å². The molecule has 1 atom stereocenters. The predicted molar refractivity (Wildman–Crippen MR) is 124 cm³/mol. The maximum atomic E-state index is 12.6. The second kappa shape index (κ2) is 11.4. The number of furan rings is 1. The molecule has 8 nitrogen and oxygen atoms in total. The maximum Gasteiger partial charge on any atom is 0.287 e. The molecule has 3 aromatic rings. The molecule has 0 aliphatic rings. The molecule has 9 heteroatoms. The number of hydrogen-bond acceptors (Lipinski definition) is 7. The molecule has 0 bridgehead atoms. The lowest BCUT2D eigenvalue weighted by Crippen LogP contribution is -2.25. The van der Waals surface area contributed by atoms with E-state index in [0.29, 0.717) is 46.6 Å². The number of amides is 1. The Morgan fingerprint density at radius 3 is 2.24 bits per heavy atom. The molecule has 0 radical (unpaired) electrons. The molecule has 0 spiro atoms. The fraction of sp³-hybridized carbons (Fsp3) is 0.292. The van der Waals surface area contributed by atoms with Gasteiger partial charge in [-0.1, -0.05) is 6.07 Å². The smallest absolute Gasteiger partial charge is 0.287 e. The SMILES string of the molecule is COc1ccc([S@](=O)Cc2ccc(C(=O)NCCc3ccc(OC)c(OC)c3OC)o2)cc1. The van der Waals surface area contributed by atoms with Crippen LogP contribution in [0, 0.1) is 0 Å². The van der Waals surface area contributed by atoms with Crippen LogP contribution in [0.4, 0.5) is 0 Å². The van der Waals surface area contributed by atoms with E-state index in [4.69, 9.17) is 23.4 Å². The summed E-state index contributed by atoms with van der Waals surface area (Å²) in [6.07, 6.45) is 0.518. The fourth-order valence-electron chi connectivity index (χ4n) is 3.28. The van der Waals surface area contributed by atoms with Crippen LogP contribution in [0.2, 0.25) is 0 Å². The van der Waals surface area contributed by atoms with Crippen LogP contribution in [-0.2, 0) is 23.0 Å². The first-order chi connectivity index (χ1) is 16.0. The van der Waals surface area contributed by atoms with Crippen molar-refractivity contribution in [2.75, 3.05) is 35.0 Å². The number of methoxy groups -OCH3 is 4. The van der Waals surface area contributed by atoms with Gasteiger partial charge in [0.25, 0.3) is 5.91 Å². The van der Waals surface area contributed by atoms with Gasteiger partial charge >= 0.3 is 0 Å². The highest BCUT2D eigenvalue weighted by atomic mass is 32.2. The molecule has 0 saturated carbocycles. The van der Waals surface area contributed by atoms with Crippen molar-refractivity contribution >= 4 is 16.7 Å². The third-order valence-electron chi connectivity index (χ3n) is 4.95. The van der Waals surface area contributed by atoms with Crippen molar-refractivity contribution in [3.8, 4) is 23.0 Å². The molecule has 1 amide bonds. The first kappa shape index (κ1) is 24.2. The van der Waals surface area contributed by atoms with E-state index in [1.165, 1.54) is 0 Å². The number of ether oxygens (including phenoxy) is 4. The van der Waals surface area contributed by atoms with Gasteiger partial charge in [0.2, 0.25) is 5.75 Å². The molecular weight excluding hydrogens is 446 g/mol. The maximum absolute atomic E-state index is 12.6. The Bertz CT molecular complexity index is 1110. The topological polar surface area (TPSA) is 96.2 Å². The lowest BCUT2D eigenvalue weighted by atomic mass is 10.1. The minimum absolute atomic E-state index is 0.163. The Morgan fingerprint density at radius 1 is 0.879 bits per heavy atom. The minimum atomic E-state index is -1.30. The summed E-state index contributed by atoms with van der Waals surface area (Å²) in [5.41, 5.74) is 0.866. The van der Waals surface area contributed by atoms with Crippen LogP contribution >= 0.6 is 0 Å². The van der Waals surface area contributed by atoms with E-state index < -0.39 is 10.8 Å². The summed E-state index contributed by atoms with van der Waals surface area (Å²) >= 11 is 0. The largest absolute Gasteiger partial charge is 0.497 e. The van der Waals surface area contributed by atoms with Crippen molar-refractivity contribution < 1.29 is 32.4 Å². The molecule has 1 heterocycles. The van der Waals surface area contributed by atoms with Crippen LogP contribution in [0.15, 0.2) is 57.8 Å². The molecule has 0 unspecified atom stereocenters. The van der Waals surface area contributed by atoms with Gasteiger partial charge in [0.05, 0.1) is 45.0 Å². The van der Waals surface area contributed by atoms with Gasteiger partial charge in [-0.25, -0.2) is 0 Å². The number of carbonyl (C=O) groups excluding carboxylic acids is 1. The van der Waals surface area contributed by atoms with Gasteiger partial charge in [0, 0.05) is 17.0 Å². The molecule has 1 N–H and O–H groups in total. The summed E-state index contributed by atoms with van der Waals surface area (Å²) in [5, 5.41) is 2.83. The second-order valence-electron chi connectivity index (χ2n) is 6.93. The van der Waals surface area contributed by atoms with Crippen LogP contribution in [-0.4, -0.2) is 45.1 Å². The zero-order chi connectivity index (χ0) is 23.8. The van der Waals surface area contributed by atoms with E-state index in [9.17, 15) is 9.00 Å². The summed E-state index contributed by atoms with van der Waals surface area (Å²) < 4.78 is 39.4. The summed E-state index contributed by atoms with van der Waals surface area (Å²) in [6, 6.07) is 13.9. The highest BCUT2D eigenvalue weighted by molar-refractivity contribution is 7.84. The summed E-state index contributed by atoms with van der Waals surface area (Å²) in [7, 11) is 4.93. The average Bonchev–Trinajstić information content (AvgIpc) is 3.31. The van der Waals surface area contributed by atoms with Gasteiger partial charge < -0.3 is 28.7 Å². The van der Waals surface area contributed by atoms with Gasteiger partial charge in [-0.3, -0.25) is 9.00 Å². The standard InChI is InChI=1S/C24H27NO7S/c1-28-17-6-9-19(10-7-17)33(27)15-18-8-12-21(32-18)24(26)25-14-13-16-5-11-20(29-2)23(31-4)22(16)30-3/h5-12H,13-15H2,1-4H3,(H,25,26)/t33-/m1/s1. The molecule has 33 heavy (non-hydrogen) atoms. The Balaban J connectivity index is 1.57. The second-order valence-corrected chi connectivity index (χ2v) is 8.38. The van der Waals surface area contributed by atoms with Crippen LogP contribution in [0.1, 0.15) is 21.9 Å². The highest BCUT2D eigenvalue weighted by Crippen LogP contribution is 2.39. The van der Waals surface area contributed by atoms with E-state index in [1.807, 2.05) is 6.07 Å². The molecule has 1 aromatic heterocycles. The Kier molecular flexibility index (Phi) is 8.37. The number of benzene rings is 2. The zero-order valence-electron chi connectivity index (χ0n) is 19.0. The van der Waals surface area contributed by atoms with Crippen LogP contribution < -0.4 is 24.3 Å². The van der Waals surface area contributed by atoms with Crippen LogP contribution in [0.5, 0.6) is 23.0 Å². The van der Waals surface area contributed by atoms with Gasteiger partial charge in [-0.05, 0) is 48.9 Å². The Labute approximate surface area is 195 Å². The fourth-order valence-corrected chi connectivity index (χ4v) is 4.30. The monoisotopic (exact) mass is 473 g/mol. The van der Waals surface area contributed by atoms with Gasteiger partial charge in [-0.15, -0.1) is 0 Å². The predicted octanol–water partition coefficient (Wildman–Crippen LogP) is 3.59. The van der Waals surface area contributed by atoms with Crippen molar-refractivity contribution in [3.05, 3.63) is 65.6 Å². The van der Waals surface area contributed by atoms with Crippen molar-refractivity contribution in [3.63, 3.8) is 0 Å².